The molecule has 184 valence electrons. The third-order valence-electron chi connectivity index (χ3n) is 6.17. The summed E-state index contributed by atoms with van der Waals surface area (Å²) in [6, 6.07) is 10.2. The lowest BCUT2D eigenvalue weighted by molar-refractivity contribution is 0.0487. The third-order valence-corrected chi connectivity index (χ3v) is 7.85. The summed E-state index contributed by atoms with van der Waals surface area (Å²) in [6.45, 7) is 5.52. The first-order valence-corrected chi connectivity index (χ1v) is 13.1. The number of rotatable bonds is 4. The molecule has 1 aromatic carbocycles. The molecule has 5 rings (SSSR count). The zero-order valence-electron chi connectivity index (χ0n) is 19.9. The maximum absolute atomic E-state index is 13.2. The molecule has 0 unspecified atom stereocenters. The van der Waals surface area contributed by atoms with Gasteiger partial charge in [-0.15, -0.1) is 5.10 Å². The number of fused-ring (bicyclic) bond motifs is 3. The van der Waals surface area contributed by atoms with Crippen LogP contribution in [-0.4, -0.2) is 50.1 Å². The monoisotopic (exact) mass is 496 g/mol. The van der Waals surface area contributed by atoms with Gasteiger partial charge in [-0.1, -0.05) is 23.4 Å². The Kier molecular flexibility index (Phi) is 5.74. The first-order chi connectivity index (χ1) is 16.6. The smallest absolute Gasteiger partial charge is 0.407 e. The number of hydrogen-bond acceptors (Lipinski definition) is 7. The Morgan fingerprint density at radius 2 is 1.80 bits per heavy atom. The molecule has 0 spiro atoms. The van der Waals surface area contributed by atoms with Crippen LogP contribution in [0.4, 0.5) is 4.79 Å². The van der Waals surface area contributed by atoms with Crippen molar-refractivity contribution in [1.29, 1.82) is 0 Å². The zero-order chi connectivity index (χ0) is 24.8. The van der Waals surface area contributed by atoms with Gasteiger partial charge in [0.25, 0.3) is 10.0 Å². The van der Waals surface area contributed by atoms with Gasteiger partial charge in [0.05, 0.1) is 17.1 Å². The topological polar surface area (TPSA) is 121 Å². The molecule has 0 radical (unpaired) electrons. The van der Waals surface area contributed by atoms with Crippen LogP contribution in [0.5, 0.6) is 0 Å². The number of ether oxygens (including phenoxy) is 1. The number of pyridine rings is 1. The molecule has 0 saturated heterocycles. The number of nitrogens with one attached hydrogen (secondary N) is 1. The number of carbonyl (C=O) groups is 1. The van der Waals surface area contributed by atoms with Crippen molar-refractivity contribution in [2.45, 2.75) is 69.0 Å². The lowest BCUT2D eigenvalue weighted by Gasteiger charge is -2.30. The predicted molar refractivity (Wildman–Crippen MR) is 131 cm³/mol. The zero-order valence-corrected chi connectivity index (χ0v) is 20.7. The molecule has 0 atom stereocenters. The molecule has 3 aromatic heterocycles. The molecule has 4 aromatic rings. The molecule has 11 heteroatoms. The van der Waals surface area contributed by atoms with Crippen molar-refractivity contribution >= 4 is 38.2 Å². The van der Waals surface area contributed by atoms with Crippen molar-refractivity contribution in [2.24, 2.45) is 0 Å². The van der Waals surface area contributed by atoms with Gasteiger partial charge in [-0.2, -0.15) is 0 Å². The van der Waals surface area contributed by atoms with Crippen LogP contribution in [0.2, 0.25) is 0 Å². The van der Waals surface area contributed by atoms with Crippen LogP contribution in [0.15, 0.2) is 53.7 Å². The highest BCUT2D eigenvalue weighted by atomic mass is 32.2. The van der Waals surface area contributed by atoms with E-state index in [-0.39, 0.29) is 17.0 Å². The Hall–Kier alpha value is -3.47. The van der Waals surface area contributed by atoms with E-state index in [1.54, 1.807) is 42.6 Å². The van der Waals surface area contributed by atoms with Gasteiger partial charge >= 0.3 is 6.09 Å². The molecule has 3 heterocycles. The summed E-state index contributed by atoms with van der Waals surface area (Å²) in [7, 11) is -3.79. The van der Waals surface area contributed by atoms with E-state index >= 15 is 0 Å². The van der Waals surface area contributed by atoms with Gasteiger partial charge in [-0.05, 0) is 64.7 Å². The number of nitrogens with zero attached hydrogens (tertiary/aromatic N) is 5. The number of alkyl carbamates (subject to hydrolysis) is 1. The van der Waals surface area contributed by atoms with Crippen molar-refractivity contribution in [3.63, 3.8) is 0 Å². The van der Waals surface area contributed by atoms with E-state index in [0.717, 1.165) is 31.2 Å². The van der Waals surface area contributed by atoms with Gasteiger partial charge in [0.1, 0.15) is 16.6 Å². The summed E-state index contributed by atoms with van der Waals surface area (Å²) in [6.07, 6.45) is 5.84. The summed E-state index contributed by atoms with van der Waals surface area (Å²) < 4.78 is 34.9. The maximum atomic E-state index is 13.2. The van der Waals surface area contributed by atoms with Crippen molar-refractivity contribution in [2.75, 3.05) is 0 Å². The van der Waals surface area contributed by atoms with Gasteiger partial charge in [-0.25, -0.2) is 26.9 Å². The summed E-state index contributed by atoms with van der Waals surface area (Å²) in [5.41, 5.74) is 1.18. The highest BCUT2D eigenvalue weighted by Gasteiger charge is 2.28. The van der Waals surface area contributed by atoms with Crippen molar-refractivity contribution in [3.05, 3.63) is 48.8 Å². The highest BCUT2D eigenvalue weighted by molar-refractivity contribution is 7.90. The number of carbonyl (C=O) groups excluding carboxylic acids is 1. The van der Waals surface area contributed by atoms with E-state index in [0.29, 0.717) is 16.6 Å². The Morgan fingerprint density at radius 3 is 2.49 bits per heavy atom. The van der Waals surface area contributed by atoms with Crippen molar-refractivity contribution in [3.8, 4) is 0 Å². The SMILES string of the molecule is CC(C)(C)OC(=O)NC1CCC(n2nnc3cnc4c(ccn4S(=O)(=O)c4ccccc4)c32)CC1. The second-order valence-corrected chi connectivity index (χ2v) is 11.7. The van der Waals surface area contributed by atoms with Crippen LogP contribution in [0, 0.1) is 0 Å². The fraction of sp³-hybridized carbons (Fsp3) is 0.417. The Labute approximate surface area is 203 Å². The van der Waals surface area contributed by atoms with Crippen molar-refractivity contribution < 1.29 is 17.9 Å². The molecular formula is C24H28N6O4S. The van der Waals surface area contributed by atoms with E-state index < -0.39 is 21.7 Å². The van der Waals surface area contributed by atoms with E-state index in [1.807, 2.05) is 25.5 Å². The number of amides is 1. The van der Waals surface area contributed by atoms with Gasteiger partial charge in [0.2, 0.25) is 0 Å². The molecule has 0 aliphatic heterocycles. The van der Waals surface area contributed by atoms with E-state index in [9.17, 15) is 13.2 Å². The molecule has 0 bridgehead atoms. The standard InChI is InChI=1S/C24H28N6O4S/c1-24(2,3)34-23(31)26-16-9-11-17(12-10-16)30-21-19-13-14-29(22(19)25-15-20(21)27-28-30)35(32,33)18-7-5-4-6-8-18/h4-8,13-17H,9-12H2,1-3H3,(H,26,31). The molecule has 1 amide bonds. The largest absolute Gasteiger partial charge is 0.444 e. The number of benzene rings is 1. The quantitative estimate of drug-likeness (QED) is 0.453. The Morgan fingerprint density at radius 1 is 1.09 bits per heavy atom. The van der Waals surface area contributed by atoms with Gasteiger partial charge < -0.3 is 10.1 Å². The fourth-order valence-corrected chi connectivity index (χ4v) is 5.91. The molecule has 1 aliphatic rings. The molecule has 35 heavy (non-hydrogen) atoms. The minimum Gasteiger partial charge on any atom is -0.444 e. The van der Waals surface area contributed by atoms with Crippen LogP contribution < -0.4 is 5.32 Å². The average Bonchev–Trinajstić information content (AvgIpc) is 3.43. The van der Waals surface area contributed by atoms with Crippen LogP contribution in [0.3, 0.4) is 0 Å². The third kappa shape index (κ3) is 4.47. The molecule has 1 N–H and O–H groups in total. The second-order valence-electron chi connectivity index (χ2n) is 9.84. The summed E-state index contributed by atoms with van der Waals surface area (Å²) in [5, 5.41) is 12.3. The first-order valence-electron chi connectivity index (χ1n) is 11.6. The predicted octanol–water partition coefficient (Wildman–Crippen LogP) is 4.03. The minimum atomic E-state index is -3.79. The molecule has 1 fully saturated rings. The maximum Gasteiger partial charge on any atom is 0.407 e. The number of aromatic nitrogens is 5. The Bertz CT molecular complexity index is 1480. The van der Waals surface area contributed by atoms with Crippen LogP contribution in [-0.2, 0) is 14.8 Å². The highest BCUT2D eigenvalue weighted by Crippen LogP contribution is 2.33. The van der Waals surface area contributed by atoms with Gasteiger partial charge in [0, 0.05) is 17.6 Å². The van der Waals surface area contributed by atoms with E-state index in [4.69, 9.17) is 4.74 Å². The first kappa shape index (κ1) is 23.3. The van der Waals surface area contributed by atoms with Crippen LogP contribution in [0.1, 0.15) is 52.5 Å². The summed E-state index contributed by atoms with van der Waals surface area (Å²) in [5.74, 6) is 0. The molecule has 10 nitrogen and oxygen atoms in total. The Balaban J connectivity index is 1.41. The average molecular weight is 497 g/mol. The fourth-order valence-electron chi connectivity index (χ4n) is 4.59. The van der Waals surface area contributed by atoms with E-state index in [1.165, 1.54) is 10.2 Å². The molecule has 1 saturated carbocycles. The molecule has 1 aliphatic carbocycles. The normalized spacial score (nSPS) is 19.2. The lowest BCUT2D eigenvalue weighted by atomic mass is 9.91. The minimum absolute atomic E-state index is 0.0367. The second kappa shape index (κ2) is 8.63. The lowest BCUT2D eigenvalue weighted by Crippen LogP contribution is -2.41. The molecular weight excluding hydrogens is 468 g/mol. The summed E-state index contributed by atoms with van der Waals surface area (Å²) >= 11 is 0. The van der Waals surface area contributed by atoms with Crippen LogP contribution >= 0.6 is 0 Å². The number of hydrogen-bond donors (Lipinski definition) is 1. The van der Waals surface area contributed by atoms with Crippen LogP contribution in [0.25, 0.3) is 22.1 Å². The van der Waals surface area contributed by atoms with Crippen molar-refractivity contribution in [1.82, 2.24) is 29.3 Å². The van der Waals surface area contributed by atoms with Gasteiger partial charge in [0.15, 0.2) is 5.65 Å². The van der Waals surface area contributed by atoms with Gasteiger partial charge in [-0.3, -0.25) is 0 Å². The summed E-state index contributed by atoms with van der Waals surface area (Å²) in [4.78, 5) is 16.7. The van der Waals surface area contributed by atoms with E-state index in [2.05, 4.69) is 20.6 Å².